The molecule has 1 aliphatic carbocycles. The van der Waals surface area contributed by atoms with Crippen molar-refractivity contribution in [2.75, 3.05) is 27.5 Å². The summed E-state index contributed by atoms with van der Waals surface area (Å²) in [5.41, 5.74) is 1.04. The molecule has 1 fully saturated rings. The zero-order valence-electron chi connectivity index (χ0n) is 14.8. The summed E-state index contributed by atoms with van der Waals surface area (Å²) >= 11 is 1.96. The lowest BCUT2D eigenvalue weighted by atomic mass is 10.2. The molecule has 7 heteroatoms. The second-order valence-corrected chi connectivity index (χ2v) is 6.73. The summed E-state index contributed by atoms with van der Waals surface area (Å²) in [5, 5.41) is 7.66. The van der Waals surface area contributed by atoms with E-state index in [1.165, 1.54) is 19.3 Å². The molecule has 0 bridgehead atoms. The van der Waals surface area contributed by atoms with Crippen molar-refractivity contribution in [1.29, 1.82) is 0 Å². The van der Waals surface area contributed by atoms with Crippen LogP contribution in [0.3, 0.4) is 0 Å². The number of benzene rings is 1. The predicted octanol–water partition coefficient (Wildman–Crippen LogP) is 3.27. The van der Waals surface area contributed by atoms with Crippen molar-refractivity contribution < 1.29 is 9.47 Å². The highest BCUT2D eigenvalue weighted by Crippen LogP contribution is 2.30. The molecule has 0 aromatic heterocycles. The topological polar surface area (TPSA) is 54.9 Å². The Morgan fingerprint density at radius 1 is 1.29 bits per heavy atom. The highest BCUT2D eigenvalue weighted by Gasteiger charge is 2.24. The molecule has 0 radical (unpaired) electrons. The number of rotatable bonds is 6. The minimum absolute atomic E-state index is 0. The molecule has 1 saturated carbocycles. The summed E-state index contributed by atoms with van der Waals surface area (Å²) in [6, 6.07) is 6.40. The number of halogens is 1. The standard InChI is InChI=1S/C17H27N3O2S.HI/c1-18-17(20-13-8-9-14(10-13)23-4)19-11-12-6-5-7-15(21-2)16(12)22-3;/h5-7,13-14H,8-11H2,1-4H3,(H2,18,19,20);1H. The van der Waals surface area contributed by atoms with Crippen LogP contribution in [0, 0.1) is 0 Å². The van der Waals surface area contributed by atoms with Gasteiger partial charge in [0.25, 0.3) is 0 Å². The van der Waals surface area contributed by atoms with Gasteiger partial charge < -0.3 is 20.1 Å². The van der Waals surface area contributed by atoms with E-state index in [1.54, 1.807) is 21.3 Å². The van der Waals surface area contributed by atoms with E-state index in [0.29, 0.717) is 12.6 Å². The van der Waals surface area contributed by atoms with E-state index in [2.05, 4.69) is 21.9 Å². The summed E-state index contributed by atoms with van der Waals surface area (Å²) in [7, 11) is 5.12. The van der Waals surface area contributed by atoms with Gasteiger partial charge in [-0.1, -0.05) is 12.1 Å². The number of hydrogen-bond acceptors (Lipinski definition) is 4. The summed E-state index contributed by atoms with van der Waals surface area (Å²) in [4.78, 5) is 4.33. The van der Waals surface area contributed by atoms with Crippen LogP contribution in [0.1, 0.15) is 24.8 Å². The molecule has 0 aliphatic heterocycles. The van der Waals surface area contributed by atoms with E-state index in [0.717, 1.165) is 28.3 Å². The number of nitrogens with zero attached hydrogens (tertiary/aromatic N) is 1. The first-order valence-corrected chi connectivity index (χ1v) is 9.20. The summed E-state index contributed by atoms with van der Waals surface area (Å²) in [6.07, 6.45) is 5.87. The Labute approximate surface area is 166 Å². The molecule has 1 aliphatic rings. The van der Waals surface area contributed by atoms with E-state index in [1.807, 2.05) is 30.0 Å². The van der Waals surface area contributed by atoms with Gasteiger partial charge in [0.15, 0.2) is 17.5 Å². The average Bonchev–Trinajstić information content (AvgIpc) is 3.05. The molecular weight excluding hydrogens is 437 g/mol. The van der Waals surface area contributed by atoms with E-state index in [4.69, 9.17) is 9.47 Å². The van der Waals surface area contributed by atoms with Crippen LogP contribution >= 0.6 is 35.7 Å². The van der Waals surface area contributed by atoms with Crippen molar-refractivity contribution in [3.05, 3.63) is 23.8 Å². The molecule has 0 heterocycles. The molecular formula is C17H28IN3O2S. The molecule has 2 unspecified atom stereocenters. The first-order chi connectivity index (χ1) is 11.2. The number of para-hydroxylation sites is 1. The third kappa shape index (κ3) is 5.61. The van der Waals surface area contributed by atoms with Crippen molar-refractivity contribution in [1.82, 2.24) is 10.6 Å². The van der Waals surface area contributed by atoms with Gasteiger partial charge in [-0.15, -0.1) is 24.0 Å². The number of aliphatic imine (C=N–C) groups is 1. The monoisotopic (exact) mass is 465 g/mol. The molecule has 2 N–H and O–H groups in total. The molecule has 1 aromatic carbocycles. The van der Waals surface area contributed by atoms with Crippen molar-refractivity contribution in [3.63, 3.8) is 0 Å². The van der Waals surface area contributed by atoms with Gasteiger partial charge in [0, 0.05) is 30.4 Å². The smallest absolute Gasteiger partial charge is 0.191 e. The number of guanidine groups is 1. The van der Waals surface area contributed by atoms with Crippen LogP contribution < -0.4 is 20.1 Å². The molecule has 1 aromatic rings. The van der Waals surface area contributed by atoms with Gasteiger partial charge in [-0.05, 0) is 31.6 Å². The lowest BCUT2D eigenvalue weighted by Crippen LogP contribution is -2.42. The largest absolute Gasteiger partial charge is 0.493 e. The number of methoxy groups -OCH3 is 2. The first-order valence-electron chi connectivity index (χ1n) is 7.91. The number of thioether (sulfide) groups is 1. The highest BCUT2D eigenvalue weighted by molar-refractivity contribution is 14.0. The minimum atomic E-state index is 0. The van der Waals surface area contributed by atoms with Crippen molar-refractivity contribution in [3.8, 4) is 11.5 Å². The van der Waals surface area contributed by atoms with Crippen LogP contribution in [-0.2, 0) is 6.54 Å². The Morgan fingerprint density at radius 3 is 2.67 bits per heavy atom. The van der Waals surface area contributed by atoms with Crippen LogP contribution in [-0.4, -0.2) is 44.8 Å². The fourth-order valence-electron chi connectivity index (χ4n) is 2.95. The van der Waals surface area contributed by atoms with Crippen LogP contribution in [0.15, 0.2) is 23.2 Å². The Kier molecular flexibility index (Phi) is 9.65. The molecule has 0 amide bonds. The molecule has 0 saturated heterocycles. The molecule has 2 atom stereocenters. The van der Waals surface area contributed by atoms with E-state index in [-0.39, 0.29) is 24.0 Å². The Hall–Kier alpha value is -0.830. The van der Waals surface area contributed by atoms with Gasteiger partial charge >= 0.3 is 0 Å². The SMILES string of the molecule is CN=C(NCc1cccc(OC)c1OC)NC1CCC(SC)C1.I. The second-order valence-electron chi connectivity index (χ2n) is 5.59. The van der Waals surface area contributed by atoms with Gasteiger partial charge in [-0.25, -0.2) is 0 Å². The zero-order valence-corrected chi connectivity index (χ0v) is 17.9. The maximum atomic E-state index is 5.47. The van der Waals surface area contributed by atoms with Crippen LogP contribution in [0.4, 0.5) is 0 Å². The van der Waals surface area contributed by atoms with Gasteiger partial charge in [-0.3, -0.25) is 4.99 Å². The normalized spacial score (nSPS) is 20.2. The van der Waals surface area contributed by atoms with Gasteiger partial charge in [0.05, 0.1) is 14.2 Å². The van der Waals surface area contributed by atoms with Gasteiger partial charge in [0.1, 0.15) is 0 Å². The average molecular weight is 465 g/mol. The first kappa shape index (κ1) is 21.2. The van der Waals surface area contributed by atoms with Gasteiger partial charge in [-0.2, -0.15) is 11.8 Å². The Bertz CT molecular complexity index is 543. The lowest BCUT2D eigenvalue weighted by molar-refractivity contribution is 0.351. The molecule has 136 valence electrons. The minimum Gasteiger partial charge on any atom is -0.493 e. The molecule has 0 spiro atoms. The van der Waals surface area contributed by atoms with Crippen molar-refractivity contribution in [2.45, 2.75) is 37.1 Å². The fourth-order valence-corrected chi connectivity index (χ4v) is 3.74. The maximum absolute atomic E-state index is 5.47. The van der Waals surface area contributed by atoms with Crippen LogP contribution in [0.25, 0.3) is 0 Å². The zero-order chi connectivity index (χ0) is 16.7. The predicted molar refractivity (Wildman–Crippen MR) is 113 cm³/mol. The van der Waals surface area contributed by atoms with Crippen LogP contribution in [0.2, 0.25) is 0 Å². The molecule has 24 heavy (non-hydrogen) atoms. The summed E-state index contributed by atoms with van der Waals surface area (Å²) in [6.45, 7) is 0.638. The molecule has 5 nitrogen and oxygen atoms in total. The van der Waals surface area contributed by atoms with Crippen molar-refractivity contribution in [2.24, 2.45) is 4.99 Å². The van der Waals surface area contributed by atoms with E-state index >= 15 is 0 Å². The fraction of sp³-hybridized carbons (Fsp3) is 0.588. The van der Waals surface area contributed by atoms with E-state index < -0.39 is 0 Å². The quantitative estimate of drug-likeness (QED) is 0.384. The number of nitrogens with one attached hydrogen (secondary N) is 2. The summed E-state index contributed by atoms with van der Waals surface area (Å²) < 4.78 is 10.8. The Balaban J connectivity index is 0.00000288. The van der Waals surface area contributed by atoms with E-state index in [9.17, 15) is 0 Å². The summed E-state index contributed by atoms with van der Waals surface area (Å²) in [5.74, 6) is 2.34. The number of hydrogen-bond donors (Lipinski definition) is 2. The lowest BCUT2D eigenvalue weighted by Gasteiger charge is -2.18. The third-order valence-electron chi connectivity index (χ3n) is 4.21. The second kappa shape index (κ2) is 10.9. The van der Waals surface area contributed by atoms with Gasteiger partial charge in [0.2, 0.25) is 0 Å². The maximum Gasteiger partial charge on any atom is 0.191 e. The number of ether oxygens (including phenoxy) is 2. The highest BCUT2D eigenvalue weighted by atomic mass is 127. The van der Waals surface area contributed by atoms with Crippen molar-refractivity contribution >= 4 is 41.7 Å². The Morgan fingerprint density at radius 2 is 2.08 bits per heavy atom. The van der Waals surface area contributed by atoms with Crippen LogP contribution in [0.5, 0.6) is 11.5 Å². The third-order valence-corrected chi connectivity index (χ3v) is 5.31. The molecule has 2 rings (SSSR count).